The van der Waals surface area contributed by atoms with E-state index in [0.717, 1.165) is 6.42 Å². The van der Waals surface area contributed by atoms with Crippen molar-refractivity contribution in [2.45, 2.75) is 32.1 Å². The van der Waals surface area contributed by atoms with Crippen molar-refractivity contribution in [3.63, 3.8) is 0 Å². The molecule has 3 heteroatoms. The number of rotatable bonds is 4. The van der Waals surface area contributed by atoms with Crippen LogP contribution >= 0.6 is 0 Å². The molecule has 84 valence electrons. The molecule has 0 saturated carbocycles. The van der Waals surface area contributed by atoms with E-state index in [0.29, 0.717) is 16.7 Å². The van der Waals surface area contributed by atoms with Gasteiger partial charge < -0.3 is 0 Å². The van der Waals surface area contributed by atoms with Gasteiger partial charge in [-0.15, -0.1) is 0 Å². The zero-order valence-electron chi connectivity index (χ0n) is 9.43. The molecule has 0 aliphatic carbocycles. The standard InChI is InChI=1S/C12H18O2S/c1-9(2)10(3)8-11-4-6-12(7-5-11)15(13)14/h4-7,9-10,15H,8H2,1-3H3. The first-order chi connectivity index (χ1) is 7.00. The third-order valence-electron chi connectivity index (χ3n) is 2.84. The highest BCUT2D eigenvalue weighted by Gasteiger charge is 2.07. The molecule has 15 heavy (non-hydrogen) atoms. The van der Waals surface area contributed by atoms with Crippen LogP contribution < -0.4 is 0 Å². The van der Waals surface area contributed by atoms with E-state index in [-0.39, 0.29) is 0 Å². The monoisotopic (exact) mass is 226 g/mol. The van der Waals surface area contributed by atoms with E-state index < -0.39 is 10.7 Å². The average Bonchev–Trinajstić information content (AvgIpc) is 2.18. The lowest BCUT2D eigenvalue weighted by Gasteiger charge is -2.15. The first-order valence-electron chi connectivity index (χ1n) is 5.24. The topological polar surface area (TPSA) is 34.1 Å². The van der Waals surface area contributed by atoms with Gasteiger partial charge in [0.1, 0.15) is 0 Å². The largest absolute Gasteiger partial charge is 0.227 e. The Bertz CT molecular complexity index is 369. The van der Waals surface area contributed by atoms with Crippen LogP contribution in [-0.4, -0.2) is 8.42 Å². The number of hydrogen-bond acceptors (Lipinski definition) is 2. The van der Waals surface area contributed by atoms with Gasteiger partial charge in [-0.05, 0) is 36.0 Å². The lowest BCUT2D eigenvalue weighted by atomic mass is 9.91. The second kappa shape index (κ2) is 5.31. The highest BCUT2D eigenvalue weighted by atomic mass is 32.2. The molecular weight excluding hydrogens is 208 g/mol. The fraction of sp³-hybridized carbons (Fsp3) is 0.500. The van der Waals surface area contributed by atoms with E-state index in [4.69, 9.17) is 0 Å². The molecule has 1 rings (SSSR count). The first-order valence-corrected chi connectivity index (χ1v) is 6.41. The molecule has 0 spiro atoms. The Morgan fingerprint density at radius 3 is 2.00 bits per heavy atom. The Morgan fingerprint density at radius 2 is 1.60 bits per heavy atom. The zero-order valence-corrected chi connectivity index (χ0v) is 10.3. The minimum Gasteiger partial charge on any atom is -0.227 e. The van der Waals surface area contributed by atoms with E-state index >= 15 is 0 Å². The average molecular weight is 226 g/mol. The summed E-state index contributed by atoms with van der Waals surface area (Å²) in [5, 5.41) is 0. The molecule has 0 aliphatic rings. The summed E-state index contributed by atoms with van der Waals surface area (Å²) in [6.07, 6.45) is 1.01. The fourth-order valence-corrected chi connectivity index (χ4v) is 1.75. The molecule has 1 unspecified atom stereocenters. The van der Waals surface area contributed by atoms with Gasteiger partial charge in [-0.2, -0.15) is 0 Å². The van der Waals surface area contributed by atoms with Crippen molar-refractivity contribution in [2.24, 2.45) is 11.8 Å². The minimum absolute atomic E-state index is 0.394. The van der Waals surface area contributed by atoms with Gasteiger partial charge in [0.25, 0.3) is 0 Å². The highest BCUT2D eigenvalue weighted by Crippen LogP contribution is 2.17. The summed E-state index contributed by atoms with van der Waals surface area (Å²) in [5.41, 5.74) is 1.21. The maximum atomic E-state index is 10.7. The summed E-state index contributed by atoms with van der Waals surface area (Å²) in [6.45, 7) is 6.62. The van der Waals surface area contributed by atoms with E-state index in [2.05, 4.69) is 20.8 Å². The van der Waals surface area contributed by atoms with Gasteiger partial charge in [-0.25, -0.2) is 8.42 Å². The van der Waals surface area contributed by atoms with Crippen molar-refractivity contribution >= 4 is 10.7 Å². The van der Waals surface area contributed by atoms with Crippen molar-refractivity contribution < 1.29 is 8.42 Å². The maximum Gasteiger partial charge on any atom is 0.168 e. The Hall–Kier alpha value is -0.830. The Labute approximate surface area is 93.3 Å². The third kappa shape index (κ3) is 3.67. The van der Waals surface area contributed by atoms with Crippen LogP contribution in [0.3, 0.4) is 0 Å². The summed E-state index contributed by atoms with van der Waals surface area (Å²) in [4.78, 5) is 0.394. The maximum absolute atomic E-state index is 10.7. The van der Waals surface area contributed by atoms with E-state index in [9.17, 15) is 8.42 Å². The lowest BCUT2D eigenvalue weighted by molar-refractivity contribution is 0.417. The zero-order chi connectivity index (χ0) is 11.4. The number of hydrogen-bond donors (Lipinski definition) is 1. The Balaban J connectivity index is 2.72. The Morgan fingerprint density at radius 1 is 1.07 bits per heavy atom. The van der Waals surface area contributed by atoms with Gasteiger partial charge in [-0.1, -0.05) is 32.9 Å². The van der Waals surface area contributed by atoms with Crippen LogP contribution in [0.2, 0.25) is 0 Å². The molecular formula is C12H18O2S. The molecule has 1 atom stereocenters. The normalized spacial score (nSPS) is 13.4. The van der Waals surface area contributed by atoms with Gasteiger partial charge in [0.05, 0.1) is 4.90 Å². The van der Waals surface area contributed by atoms with Crippen molar-refractivity contribution in [3.8, 4) is 0 Å². The van der Waals surface area contributed by atoms with E-state index in [1.807, 2.05) is 12.1 Å². The van der Waals surface area contributed by atoms with Crippen molar-refractivity contribution in [2.75, 3.05) is 0 Å². The molecule has 0 N–H and O–H groups in total. The van der Waals surface area contributed by atoms with Crippen LogP contribution in [0.4, 0.5) is 0 Å². The fourth-order valence-electron chi connectivity index (χ4n) is 1.36. The number of benzene rings is 1. The molecule has 1 aromatic rings. The predicted molar refractivity (Wildman–Crippen MR) is 62.7 cm³/mol. The van der Waals surface area contributed by atoms with Gasteiger partial charge in [0.15, 0.2) is 10.7 Å². The van der Waals surface area contributed by atoms with Gasteiger partial charge in [0.2, 0.25) is 0 Å². The molecule has 2 nitrogen and oxygen atoms in total. The number of thiol groups is 1. The van der Waals surface area contributed by atoms with Crippen LogP contribution in [0.15, 0.2) is 29.2 Å². The molecule has 0 bridgehead atoms. The third-order valence-corrected chi connectivity index (χ3v) is 3.56. The summed E-state index contributed by atoms with van der Waals surface area (Å²) in [5.74, 6) is 1.28. The molecule has 0 saturated heterocycles. The van der Waals surface area contributed by atoms with Crippen molar-refractivity contribution in [1.82, 2.24) is 0 Å². The van der Waals surface area contributed by atoms with Gasteiger partial charge in [0, 0.05) is 0 Å². The quantitative estimate of drug-likeness (QED) is 0.800. The molecule has 0 radical (unpaired) electrons. The molecule has 0 heterocycles. The summed E-state index contributed by atoms with van der Waals surface area (Å²) < 4.78 is 21.4. The molecule has 0 aromatic heterocycles. The summed E-state index contributed by atoms with van der Waals surface area (Å²) in [7, 11) is -2.44. The van der Waals surface area contributed by atoms with E-state index in [1.54, 1.807) is 12.1 Å². The second-order valence-corrected chi connectivity index (χ2v) is 5.38. The van der Waals surface area contributed by atoms with Gasteiger partial charge in [-0.3, -0.25) is 0 Å². The van der Waals surface area contributed by atoms with Crippen LogP contribution in [0.5, 0.6) is 0 Å². The Kier molecular flexibility index (Phi) is 4.33. The molecule has 0 amide bonds. The first kappa shape index (κ1) is 12.2. The van der Waals surface area contributed by atoms with Crippen LogP contribution in [0.25, 0.3) is 0 Å². The smallest absolute Gasteiger partial charge is 0.168 e. The summed E-state index contributed by atoms with van der Waals surface area (Å²) in [6, 6.07) is 7.15. The van der Waals surface area contributed by atoms with Crippen LogP contribution in [0, 0.1) is 11.8 Å². The molecule has 1 aromatic carbocycles. The van der Waals surface area contributed by atoms with Crippen LogP contribution in [-0.2, 0) is 17.1 Å². The minimum atomic E-state index is -2.44. The SMILES string of the molecule is CC(C)C(C)Cc1ccc([SH](=O)=O)cc1. The van der Waals surface area contributed by atoms with Crippen LogP contribution in [0.1, 0.15) is 26.3 Å². The van der Waals surface area contributed by atoms with E-state index in [1.165, 1.54) is 5.56 Å². The summed E-state index contributed by atoms with van der Waals surface area (Å²) >= 11 is 0. The van der Waals surface area contributed by atoms with Crippen molar-refractivity contribution in [3.05, 3.63) is 29.8 Å². The van der Waals surface area contributed by atoms with Crippen molar-refractivity contribution in [1.29, 1.82) is 0 Å². The molecule has 0 aliphatic heterocycles. The molecule has 0 fully saturated rings. The van der Waals surface area contributed by atoms with Gasteiger partial charge >= 0.3 is 0 Å². The predicted octanol–water partition coefficient (Wildman–Crippen LogP) is 2.49. The second-order valence-electron chi connectivity index (χ2n) is 4.35. The lowest BCUT2D eigenvalue weighted by Crippen LogP contribution is -2.07. The highest BCUT2D eigenvalue weighted by molar-refractivity contribution is 7.72.